The minimum Gasteiger partial charge on any atom is -0.328 e. The second-order valence-electron chi connectivity index (χ2n) is 5.01. The molecule has 2 heteroatoms. The van der Waals surface area contributed by atoms with E-state index in [9.17, 15) is 0 Å². The molecule has 76 valence electrons. The van der Waals surface area contributed by atoms with Crippen LogP contribution in [0.1, 0.15) is 39.0 Å². The standard InChI is InChI=1S/C11H22N2/c1-8-6-11(8)13-7-9-2-4-10(12)5-3-9/h8-11,13H,2-7,12H2,1H3. The lowest BCUT2D eigenvalue weighted by molar-refractivity contribution is 0.313. The predicted octanol–water partition coefficient (Wildman–Crippen LogP) is 1.50. The Balaban J connectivity index is 1.60. The van der Waals surface area contributed by atoms with Gasteiger partial charge in [-0.3, -0.25) is 0 Å². The fourth-order valence-electron chi connectivity index (χ4n) is 2.32. The van der Waals surface area contributed by atoms with Gasteiger partial charge in [0, 0.05) is 12.1 Å². The summed E-state index contributed by atoms with van der Waals surface area (Å²) in [6.45, 7) is 3.57. The topological polar surface area (TPSA) is 38.0 Å². The molecular formula is C11H22N2. The molecule has 0 aromatic rings. The van der Waals surface area contributed by atoms with Crippen LogP contribution in [0.2, 0.25) is 0 Å². The van der Waals surface area contributed by atoms with E-state index in [-0.39, 0.29) is 0 Å². The van der Waals surface area contributed by atoms with Gasteiger partial charge in [-0.25, -0.2) is 0 Å². The van der Waals surface area contributed by atoms with Gasteiger partial charge in [0.1, 0.15) is 0 Å². The highest BCUT2D eigenvalue weighted by atomic mass is 15.0. The Kier molecular flexibility index (Phi) is 2.89. The summed E-state index contributed by atoms with van der Waals surface area (Å²) in [4.78, 5) is 0. The van der Waals surface area contributed by atoms with Crippen molar-refractivity contribution in [1.82, 2.24) is 5.32 Å². The smallest absolute Gasteiger partial charge is 0.00965 e. The molecule has 2 unspecified atom stereocenters. The summed E-state index contributed by atoms with van der Waals surface area (Å²) in [5.41, 5.74) is 5.87. The quantitative estimate of drug-likeness (QED) is 0.694. The van der Waals surface area contributed by atoms with Crippen LogP contribution in [-0.2, 0) is 0 Å². The van der Waals surface area contributed by atoms with Crippen LogP contribution in [0, 0.1) is 11.8 Å². The fraction of sp³-hybridized carbons (Fsp3) is 1.00. The van der Waals surface area contributed by atoms with Crippen molar-refractivity contribution in [2.24, 2.45) is 17.6 Å². The van der Waals surface area contributed by atoms with E-state index in [0.717, 1.165) is 17.9 Å². The number of rotatable bonds is 3. The molecule has 2 aliphatic rings. The summed E-state index contributed by atoms with van der Waals surface area (Å²) in [6.07, 6.45) is 6.57. The first kappa shape index (κ1) is 9.47. The van der Waals surface area contributed by atoms with E-state index >= 15 is 0 Å². The first-order valence-electron chi connectivity index (χ1n) is 5.74. The van der Waals surface area contributed by atoms with Crippen LogP contribution < -0.4 is 11.1 Å². The monoisotopic (exact) mass is 182 g/mol. The second-order valence-corrected chi connectivity index (χ2v) is 5.01. The molecule has 0 aromatic carbocycles. The van der Waals surface area contributed by atoms with Crippen LogP contribution in [-0.4, -0.2) is 18.6 Å². The van der Waals surface area contributed by atoms with Crippen molar-refractivity contribution in [3.05, 3.63) is 0 Å². The molecular weight excluding hydrogens is 160 g/mol. The molecule has 0 spiro atoms. The van der Waals surface area contributed by atoms with Crippen LogP contribution in [0.5, 0.6) is 0 Å². The van der Waals surface area contributed by atoms with E-state index in [0.29, 0.717) is 6.04 Å². The number of hydrogen-bond donors (Lipinski definition) is 2. The van der Waals surface area contributed by atoms with Crippen molar-refractivity contribution in [1.29, 1.82) is 0 Å². The summed E-state index contributed by atoms with van der Waals surface area (Å²) >= 11 is 0. The number of hydrogen-bond acceptors (Lipinski definition) is 2. The molecule has 0 aromatic heterocycles. The normalized spacial score (nSPS) is 44.8. The van der Waals surface area contributed by atoms with Gasteiger partial charge in [-0.05, 0) is 50.5 Å². The molecule has 0 heterocycles. The lowest BCUT2D eigenvalue weighted by Crippen LogP contribution is -2.32. The Labute approximate surface area is 81.3 Å². The number of nitrogens with two attached hydrogens (primary N) is 1. The summed E-state index contributed by atoms with van der Waals surface area (Å²) in [6, 6.07) is 1.34. The van der Waals surface area contributed by atoms with E-state index in [1.54, 1.807) is 0 Å². The van der Waals surface area contributed by atoms with Crippen LogP contribution in [0.4, 0.5) is 0 Å². The molecule has 13 heavy (non-hydrogen) atoms. The molecule has 2 nitrogen and oxygen atoms in total. The third kappa shape index (κ3) is 2.68. The molecule has 0 amide bonds. The Bertz CT molecular complexity index is 161. The van der Waals surface area contributed by atoms with E-state index < -0.39 is 0 Å². The van der Waals surface area contributed by atoms with E-state index in [1.165, 1.54) is 38.6 Å². The highest BCUT2D eigenvalue weighted by Crippen LogP contribution is 2.30. The van der Waals surface area contributed by atoms with Crippen LogP contribution >= 0.6 is 0 Å². The van der Waals surface area contributed by atoms with Gasteiger partial charge in [0.2, 0.25) is 0 Å². The van der Waals surface area contributed by atoms with Gasteiger partial charge < -0.3 is 11.1 Å². The highest BCUT2D eigenvalue weighted by molar-refractivity contribution is 4.90. The van der Waals surface area contributed by atoms with Crippen LogP contribution in [0.3, 0.4) is 0 Å². The lowest BCUT2D eigenvalue weighted by Gasteiger charge is -2.26. The maximum absolute atomic E-state index is 5.87. The first-order valence-corrected chi connectivity index (χ1v) is 5.74. The Morgan fingerprint density at radius 1 is 1.23 bits per heavy atom. The van der Waals surface area contributed by atoms with E-state index in [1.807, 2.05) is 0 Å². The Morgan fingerprint density at radius 3 is 2.38 bits per heavy atom. The van der Waals surface area contributed by atoms with Crippen LogP contribution in [0.25, 0.3) is 0 Å². The van der Waals surface area contributed by atoms with E-state index in [4.69, 9.17) is 5.73 Å². The molecule has 0 radical (unpaired) electrons. The first-order chi connectivity index (χ1) is 6.25. The van der Waals surface area contributed by atoms with Gasteiger partial charge in [0.25, 0.3) is 0 Å². The molecule has 0 aliphatic heterocycles. The lowest BCUT2D eigenvalue weighted by atomic mass is 9.86. The molecule has 2 saturated carbocycles. The largest absolute Gasteiger partial charge is 0.328 e. The van der Waals surface area contributed by atoms with Gasteiger partial charge in [-0.15, -0.1) is 0 Å². The van der Waals surface area contributed by atoms with Crippen molar-refractivity contribution in [2.75, 3.05) is 6.54 Å². The zero-order chi connectivity index (χ0) is 9.26. The molecule has 2 atom stereocenters. The second kappa shape index (κ2) is 3.97. The summed E-state index contributed by atoms with van der Waals surface area (Å²) in [5, 5.41) is 3.65. The fourth-order valence-corrected chi connectivity index (χ4v) is 2.32. The predicted molar refractivity (Wildman–Crippen MR) is 55.5 cm³/mol. The average Bonchev–Trinajstić information content (AvgIpc) is 2.81. The van der Waals surface area contributed by atoms with Crippen molar-refractivity contribution in [2.45, 2.75) is 51.1 Å². The van der Waals surface area contributed by atoms with Gasteiger partial charge in [-0.1, -0.05) is 6.92 Å². The molecule has 3 N–H and O–H groups in total. The maximum atomic E-state index is 5.87. The minimum absolute atomic E-state index is 0.496. The summed E-state index contributed by atoms with van der Waals surface area (Å²) < 4.78 is 0. The third-order valence-corrected chi connectivity index (χ3v) is 3.67. The van der Waals surface area contributed by atoms with Crippen molar-refractivity contribution in [3.8, 4) is 0 Å². The molecule has 0 saturated heterocycles. The Morgan fingerprint density at radius 2 is 1.85 bits per heavy atom. The molecule has 0 bridgehead atoms. The molecule has 2 rings (SSSR count). The summed E-state index contributed by atoms with van der Waals surface area (Å²) in [5.74, 6) is 1.85. The SMILES string of the molecule is CC1CC1NCC1CCC(N)CC1. The minimum atomic E-state index is 0.496. The van der Waals surface area contributed by atoms with Crippen LogP contribution in [0.15, 0.2) is 0 Å². The van der Waals surface area contributed by atoms with E-state index in [2.05, 4.69) is 12.2 Å². The van der Waals surface area contributed by atoms with Crippen molar-refractivity contribution in [3.63, 3.8) is 0 Å². The molecule has 2 aliphatic carbocycles. The molecule has 2 fully saturated rings. The highest BCUT2D eigenvalue weighted by Gasteiger charge is 2.32. The van der Waals surface area contributed by atoms with Gasteiger partial charge >= 0.3 is 0 Å². The Hall–Kier alpha value is -0.0800. The van der Waals surface area contributed by atoms with Crippen molar-refractivity contribution >= 4 is 0 Å². The maximum Gasteiger partial charge on any atom is 0.00965 e. The summed E-state index contributed by atoms with van der Waals surface area (Å²) in [7, 11) is 0. The third-order valence-electron chi connectivity index (χ3n) is 3.67. The number of nitrogens with one attached hydrogen (secondary N) is 1. The van der Waals surface area contributed by atoms with Gasteiger partial charge in [-0.2, -0.15) is 0 Å². The van der Waals surface area contributed by atoms with Gasteiger partial charge in [0.15, 0.2) is 0 Å². The average molecular weight is 182 g/mol. The van der Waals surface area contributed by atoms with Crippen molar-refractivity contribution < 1.29 is 0 Å². The zero-order valence-electron chi connectivity index (χ0n) is 8.63. The zero-order valence-corrected chi connectivity index (χ0v) is 8.63. The van der Waals surface area contributed by atoms with Gasteiger partial charge in [0.05, 0.1) is 0 Å².